The van der Waals surface area contributed by atoms with Crippen molar-refractivity contribution < 1.29 is 8.78 Å². The van der Waals surface area contributed by atoms with Crippen LogP contribution in [0.3, 0.4) is 0 Å². The third kappa shape index (κ3) is 1.44. The summed E-state index contributed by atoms with van der Waals surface area (Å²) < 4.78 is 24.4. The maximum absolute atomic E-state index is 12.2. The second-order valence-corrected chi connectivity index (χ2v) is 2.44. The molecule has 66 valence electrons. The van der Waals surface area contributed by atoms with Gasteiger partial charge in [0.1, 0.15) is 5.82 Å². The quantitative estimate of drug-likeness (QED) is 0.676. The van der Waals surface area contributed by atoms with Gasteiger partial charge in [0.15, 0.2) is 0 Å². The molecule has 0 radical (unpaired) electrons. The van der Waals surface area contributed by atoms with Crippen molar-refractivity contribution in [3.63, 3.8) is 0 Å². The number of aryl methyl sites for hydroxylation is 1. The number of rotatable bonds is 1. The van der Waals surface area contributed by atoms with Crippen molar-refractivity contribution in [3.05, 3.63) is 17.3 Å². The fourth-order valence-electron chi connectivity index (χ4n) is 0.913. The largest absolute Gasteiger partial charge is 0.397 e. The van der Waals surface area contributed by atoms with Gasteiger partial charge >= 0.3 is 0 Å². The summed E-state index contributed by atoms with van der Waals surface area (Å²) >= 11 is 0. The Morgan fingerprint density at radius 2 is 2.00 bits per heavy atom. The Balaban J connectivity index is 3.28. The first-order valence-electron chi connectivity index (χ1n) is 3.33. The predicted molar refractivity (Wildman–Crippen MR) is 42.8 cm³/mol. The van der Waals surface area contributed by atoms with Gasteiger partial charge in [0.05, 0.1) is 11.4 Å². The molecule has 0 aromatic carbocycles. The smallest absolute Gasteiger partial charge is 0.266 e. The van der Waals surface area contributed by atoms with E-state index in [1.807, 2.05) is 0 Å². The van der Waals surface area contributed by atoms with Crippen LogP contribution in [0.15, 0.2) is 6.07 Å². The number of hydrogen-bond donors (Lipinski definition) is 2. The molecule has 0 spiro atoms. The van der Waals surface area contributed by atoms with Crippen LogP contribution in [-0.2, 0) is 0 Å². The van der Waals surface area contributed by atoms with Gasteiger partial charge in [0, 0.05) is 5.56 Å². The lowest BCUT2D eigenvalue weighted by molar-refractivity contribution is 0.152. The number of nitrogens with two attached hydrogens (primary N) is 2. The van der Waals surface area contributed by atoms with Crippen molar-refractivity contribution in [3.8, 4) is 0 Å². The molecule has 5 heteroatoms. The van der Waals surface area contributed by atoms with Gasteiger partial charge in [-0.25, -0.2) is 13.8 Å². The minimum Gasteiger partial charge on any atom is -0.397 e. The van der Waals surface area contributed by atoms with Crippen molar-refractivity contribution in [1.29, 1.82) is 0 Å². The number of aromatic nitrogens is 1. The number of nitrogen functional groups attached to an aromatic ring is 2. The highest BCUT2D eigenvalue weighted by atomic mass is 19.3. The maximum atomic E-state index is 12.2. The van der Waals surface area contributed by atoms with Crippen LogP contribution in [0.2, 0.25) is 0 Å². The summed E-state index contributed by atoms with van der Waals surface area (Å²) in [7, 11) is 0. The normalized spacial score (nSPS) is 10.7. The second-order valence-electron chi connectivity index (χ2n) is 2.44. The third-order valence-electron chi connectivity index (χ3n) is 1.54. The van der Waals surface area contributed by atoms with Crippen LogP contribution >= 0.6 is 0 Å². The summed E-state index contributed by atoms with van der Waals surface area (Å²) in [6.45, 7) is 1.54. The average molecular weight is 173 g/mol. The first kappa shape index (κ1) is 8.70. The SMILES string of the molecule is Cc1nc(N)cc(C(F)F)c1N. The van der Waals surface area contributed by atoms with Crippen molar-refractivity contribution in [2.45, 2.75) is 13.3 Å². The lowest BCUT2D eigenvalue weighted by Crippen LogP contribution is -2.03. The Hall–Kier alpha value is -1.39. The molecule has 0 aliphatic carbocycles. The molecule has 0 fully saturated rings. The van der Waals surface area contributed by atoms with E-state index in [0.717, 1.165) is 6.07 Å². The Morgan fingerprint density at radius 1 is 1.42 bits per heavy atom. The molecule has 0 aliphatic heterocycles. The fourth-order valence-corrected chi connectivity index (χ4v) is 0.913. The van der Waals surface area contributed by atoms with Crippen LogP contribution in [0.4, 0.5) is 20.3 Å². The highest BCUT2D eigenvalue weighted by molar-refractivity contribution is 5.55. The van der Waals surface area contributed by atoms with Crippen LogP contribution in [0.1, 0.15) is 17.7 Å². The Bertz CT molecular complexity index is 299. The van der Waals surface area contributed by atoms with E-state index in [1.165, 1.54) is 6.92 Å². The van der Waals surface area contributed by atoms with Gasteiger partial charge in [-0.15, -0.1) is 0 Å². The van der Waals surface area contributed by atoms with E-state index in [2.05, 4.69) is 4.98 Å². The molecule has 0 saturated carbocycles. The number of nitrogens with zero attached hydrogens (tertiary/aromatic N) is 1. The van der Waals surface area contributed by atoms with Crippen LogP contribution in [0.25, 0.3) is 0 Å². The number of hydrogen-bond acceptors (Lipinski definition) is 3. The first-order valence-corrected chi connectivity index (χ1v) is 3.33. The van der Waals surface area contributed by atoms with E-state index in [0.29, 0.717) is 5.69 Å². The molecule has 3 nitrogen and oxygen atoms in total. The summed E-state index contributed by atoms with van der Waals surface area (Å²) in [5.74, 6) is 0.0667. The standard InChI is InChI=1S/C7H9F2N3/c1-3-6(11)4(7(8)9)2-5(10)12-3/h2,7H,11H2,1H3,(H2,10,12). The van der Waals surface area contributed by atoms with Crippen LogP contribution in [-0.4, -0.2) is 4.98 Å². The fraction of sp³-hybridized carbons (Fsp3) is 0.286. The van der Waals surface area contributed by atoms with E-state index in [9.17, 15) is 8.78 Å². The first-order chi connectivity index (χ1) is 5.52. The molecule has 4 N–H and O–H groups in total. The Labute approximate surface area is 68.4 Å². The molecule has 0 saturated heterocycles. The summed E-state index contributed by atoms with van der Waals surface area (Å²) in [6, 6.07) is 1.09. The number of alkyl halides is 2. The minimum atomic E-state index is -2.60. The molecule has 1 aromatic heterocycles. The van der Waals surface area contributed by atoms with Crippen molar-refractivity contribution in [2.75, 3.05) is 11.5 Å². The number of pyridine rings is 1. The van der Waals surface area contributed by atoms with E-state index >= 15 is 0 Å². The topological polar surface area (TPSA) is 64.9 Å². The molecule has 1 aromatic rings. The third-order valence-corrected chi connectivity index (χ3v) is 1.54. The molecule has 0 amide bonds. The van der Waals surface area contributed by atoms with Gasteiger partial charge in [0.2, 0.25) is 0 Å². The number of anilines is 2. The molecule has 0 unspecified atom stereocenters. The van der Waals surface area contributed by atoms with Gasteiger partial charge in [-0.3, -0.25) is 0 Å². The van der Waals surface area contributed by atoms with Crippen LogP contribution in [0, 0.1) is 6.92 Å². The molecule has 1 rings (SSSR count). The summed E-state index contributed by atoms with van der Waals surface area (Å²) in [5, 5.41) is 0. The summed E-state index contributed by atoms with van der Waals surface area (Å²) in [5.41, 5.74) is 10.7. The van der Waals surface area contributed by atoms with Crippen molar-refractivity contribution >= 4 is 11.5 Å². The van der Waals surface area contributed by atoms with Gasteiger partial charge in [-0.05, 0) is 13.0 Å². The molecular weight excluding hydrogens is 164 g/mol. The highest BCUT2D eigenvalue weighted by Crippen LogP contribution is 2.27. The number of halogens is 2. The van der Waals surface area contributed by atoms with E-state index in [1.54, 1.807) is 0 Å². The zero-order valence-corrected chi connectivity index (χ0v) is 6.51. The van der Waals surface area contributed by atoms with Gasteiger partial charge in [0.25, 0.3) is 6.43 Å². The van der Waals surface area contributed by atoms with Gasteiger partial charge in [-0.2, -0.15) is 0 Å². The lowest BCUT2D eigenvalue weighted by atomic mass is 10.2. The summed E-state index contributed by atoms with van der Waals surface area (Å²) in [4.78, 5) is 3.74. The van der Waals surface area contributed by atoms with Crippen molar-refractivity contribution in [1.82, 2.24) is 4.98 Å². The minimum absolute atomic E-state index is 0.0131. The van der Waals surface area contributed by atoms with E-state index in [-0.39, 0.29) is 17.1 Å². The molecule has 0 atom stereocenters. The molecule has 1 heterocycles. The molecule has 0 bridgehead atoms. The highest BCUT2D eigenvalue weighted by Gasteiger charge is 2.13. The van der Waals surface area contributed by atoms with Crippen molar-refractivity contribution in [2.24, 2.45) is 0 Å². The Kier molecular flexibility index (Phi) is 2.12. The van der Waals surface area contributed by atoms with Gasteiger partial charge < -0.3 is 11.5 Å². The van der Waals surface area contributed by atoms with Gasteiger partial charge in [-0.1, -0.05) is 0 Å². The van der Waals surface area contributed by atoms with Crippen LogP contribution in [0.5, 0.6) is 0 Å². The molecular formula is C7H9F2N3. The molecule has 0 aliphatic rings. The zero-order valence-electron chi connectivity index (χ0n) is 6.51. The average Bonchev–Trinajstić information content (AvgIpc) is 1.96. The maximum Gasteiger partial charge on any atom is 0.266 e. The monoisotopic (exact) mass is 173 g/mol. The van der Waals surface area contributed by atoms with E-state index in [4.69, 9.17) is 11.5 Å². The summed E-state index contributed by atoms with van der Waals surface area (Å²) in [6.07, 6.45) is -2.60. The van der Waals surface area contributed by atoms with E-state index < -0.39 is 6.43 Å². The second kappa shape index (κ2) is 2.92. The Morgan fingerprint density at radius 3 is 2.50 bits per heavy atom. The lowest BCUT2D eigenvalue weighted by Gasteiger charge is -2.07. The van der Waals surface area contributed by atoms with Crippen LogP contribution < -0.4 is 11.5 Å². The predicted octanol–water partition coefficient (Wildman–Crippen LogP) is 1.49. The zero-order chi connectivity index (χ0) is 9.30. The molecule has 12 heavy (non-hydrogen) atoms.